The molecule has 1 saturated heterocycles. The molecule has 100 valence electrons. The maximum Gasteiger partial charge on any atom is 0.349 e. The number of nitrogens with two attached hydrogens (primary N) is 1. The lowest BCUT2D eigenvalue weighted by Crippen LogP contribution is -2.43. The van der Waals surface area contributed by atoms with Crippen LogP contribution in [0, 0.1) is 0 Å². The molecule has 2 rings (SSSR count). The van der Waals surface area contributed by atoms with E-state index in [2.05, 4.69) is 4.98 Å². The Hall–Kier alpha value is -1.15. The molecule has 1 aromatic rings. The Morgan fingerprint density at radius 1 is 1.67 bits per heavy atom. The maximum absolute atomic E-state index is 11.7. The predicted octanol–water partition coefficient (Wildman–Crippen LogP) is -0.838. The van der Waals surface area contributed by atoms with E-state index >= 15 is 0 Å². The van der Waals surface area contributed by atoms with Crippen molar-refractivity contribution in [1.29, 1.82) is 0 Å². The first-order valence-corrected chi connectivity index (χ1v) is 5.85. The highest BCUT2D eigenvalue weighted by Gasteiger charge is 2.31. The van der Waals surface area contributed by atoms with Crippen LogP contribution in [0.1, 0.15) is 12.5 Å². The van der Waals surface area contributed by atoms with Crippen molar-refractivity contribution in [2.45, 2.75) is 24.7 Å². The number of nitrogen functional groups attached to an aromatic ring is 1. The van der Waals surface area contributed by atoms with Crippen molar-refractivity contribution in [2.24, 2.45) is 0 Å². The van der Waals surface area contributed by atoms with Crippen LogP contribution in [0.3, 0.4) is 0 Å². The van der Waals surface area contributed by atoms with Gasteiger partial charge in [-0.2, -0.15) is 4.98 Å². The summed E-state index contributed by atoms with van der Waals surface area (Å²) in [4.78, 5) is 15.3. The number of aliphatic hydroxyl groups excluding tert-OH is 2. The number of nitrogens with zero attached hydrogens (tertiary/aromatic N) is 2. The molecule has 2 heterocycles. The molecule has 7 nitrogen and oxygen atoms in total. The van der Waals surface area contributed by atoms with Crippen LogP contribution in [-0.4, -0.2) is 45.2 Å². The number of halogens is 1. The average molecular weight is 276 g/mol. The number of rotatable bonds is 2. The molecule has 3 unspecified atom stereocenters. The summed E-state index contributed by atoms with van der Waals surface area (Å²) in [6.45, 7) is -0.0619. The van der Waals surface area contributed by atoms with Crippen molar-refractivity contribution in [2.75, 3.05) is 18.9 Å². The second-order valence-electron chi connectivity index (χ2n) is 4.18. The van der Waals surface area contributed by atoms with E-state index in [1.807, 2.05) is 0 Å². The minimum atomic E-state index is -0.836. The Balaban J connectivity index is 2.23. The number of aromatic nitrogens is 2. The molecule has 4 N–H and O–H groups in total. The summed E-state index contributed by atoms with van der Waals surface area (Å²) in [7, 11) is 0. The van der Waals surface area contributed by atoms with Crippen molar-refractivity contribution < 1.29 is 14.9 Å². The molecule has 3 atom stereocenters. The molecule has 0 aromatic carbocycles. The van der Waals surface area contributed by atoms with Crippen molar-refractivity contribution >= 4 is 17.4 Å². The van der Waals surface area contributed by atoms with Crippen molar-refractivity contribution in [1.82, 2.24) is 9.55 Å². The lowest BCUT2D eigenvalue weighted by Gasteiger charge is -2.33. The molecule has 0 bridgehead atoms. The van der Waals surface area contributed by atoms with Gasteiger partial charge in [-0.15, -0.1) is 0 Å². The number of anilines is 1. The summed E-state index contributed by atoms with van der Waals surface area (Å²) in [5, 5.41) is 18.9. The number of ether oxygens (including phenoxy) is 1. The summed E-state index contributed by atoms with van der Waals surface area (Å²) in [6, 6.07) is -0.374. The molecule has 0 spiro atoms. The fourth-order valence-corrected chi connectivity index (χ4v) is 2.08. The normalized spacial score (nSPS) is 28.3. The smallest absolute Gasteiger partial charge is 0.349 e. The van der Waals surface area contributed by atoms with Gasteiger partial charge in [-0.1, -0.05) is 11.6 Å². The standard InChI is InChI=1S/C10H14ClN3O4/c11-6-2-14(10(17)13-9(6)12)5-1-7(16)8(3-15)18-4-5/h2,5,7-8,15-16H,1,3-4H2,(H2,12,13,17). The van der Waals surface area contributed by atoms with E-state index in [0.717, 1.165) is 0 Å². The van der Waals surface area contributed by atoms with Gasteiger partial charge in [0, 0.05) is 6.20 Å². The predicted molar refractivity (Wildman–Crippen MR) is 64.4 cm³/mol. The van der Waals surface area contributed by atoms with Crippen molar-refractivity contribution in [3.05, 3.63) is 21.7 Å². The van der Waals surface area contributed by atoms with E-state index in [-0.39, 0.29) is 36.5 Å². The van der Waals surface area contributed by atoms with E-state index < -0.39 is 17.9 Å². The first-order valence-electron chi connectivity index (χ1n) is 5.47. The van der Waals surface area contributed by atoms with Crippen LogP contribution in [-0.2, 0) is 4.74 Å². The maximum atomic E-state index is 11.7. The summed E-state index contributed by atoms with van der Waals surface area (Å²) in [6.07, 6.45) is 0.213. The second kappa shape index (κ2) is 5.23. The zero-order valence-electron chi connectivity index (χ0n) is 9.49. The van der Waals surface area contributed by atoms with Gasteiger partial charge in [0.2, 0.25) is 0 Å². The quantitative estimate of drug-likeness (QED) is 0.649. The van der Waals surface area contributed by atoms with Crippen LogP contribution in [0.2, 0.25) is 5.02 Å². The van der Waals surface area contributed by atoms with Crippen molar-refractivity contribution in [3.8, 4) is 0 Å². The van der Waals surface area contributed by atoms with Crippen LogP contribution in [0.25, 0.3) is 0 Å². The average Bonchev–Trinajstić information content (AvgIpc) is 2.33. The third-order valence-electron chi connectivity index (χ3n) is 2.95. The van der Waals surface area contributed by atoms with E-state index in [1.54, 1.807) is 0 Å². The molecule has 0 radical (unpaired) electrons. The fraction of sp³-hybridized carbons (Fsp3) is 0.600. The fourth-order valence-electron chi connectivity index (χ4n) is 1.93. The molecule has 8 heteroatoms. The molecular formula is C10H14ClN3O4. The van der Waals surface area contributed by atoms with Gasteiger partial charge in [0.1, 0.15) is 11.9 Å². The summed E-state index contributed by atoms with van der Waals surface area (Å²) < 4.78 is 6.56. The molecule has 1 aliphatic rings. The molecule has 0 saturated carbocycles. The number of aliphatic hydroxyl groups is 2. The van der Waals surface area contributed by atoms with Gasteiger partial charge in [0.25, 0.3) is 0 Å². The third-order valence-corrected chi connectivity index (χ3v) is 3.24. The van der Waals surface area contributed by atoms with Gasteiger partial charge in [-0.25, -0.2) is 4.79 Å². The molecule has 0 amide bonds. The lowest BCUT2D eigenvalue weighted by molar-refractivity contribution is -0.113. The largest absolute Gasteiger partial charge is 0.394 e. The Morgan fingerprint density at radius 3 is 3.00 bits per heavy atom. The van der Waals surface area contributed by atoms with Gasteiger partial charge in [-0.3, -0.25) is 4.57 Å². The molecule has 0 aliphatic carbocycles. The van der Waals surface area contributed by atoms with E-state index in [1.165, 1.54) is 10.8 Å². The summed E-state index contributed by atoms with van der Waals surface area (Å²) in [5.41, 5.74) is 4.88. The Labute approximate surface area is 108 Å². The zero-order valence-corrected chi connectivity index (χ0v) is 10.2. The monoisotopic (exact) mass is 275 g/mol. The summed E-state index contributed by atoms with van der Waals surface area (Å²) in [5.74, 6) is -0.0246. The first kappa shape index (κ1) is 13.3. The highest BCUT2D eigenvalue weighted by molar-refractivity contribution is 6.32. The Morgan fingerprint density at radius 2 is 2.39 bits per heavy atom. The van der Waals surface area contributed by atoms with Gasteiger partial charge in [0.15, 0.2) is 0 Å². The topological polar surface area (TPSA) is 111 Å². The van der Waals surface area contributed by atoms with Gasteiger partial charge < -0.3 is 20.7 Å². The minimum Gasteiger partial charge on any atom is -0.394 e. The molecule has 1 aromatic heterocycles. The minimum absolute atomic E-state index is 0.0246. The van der Waals surface area contributed by atoms with Crippen LogP contribution >= 0.6 is 11.6 Å². The van der Waals surface area contributed by atoms with Crippen molar-refractivity contribution in [3.63, 3.8) is 0 Å². The summed E-state index contributed by atoms with van der Waals surface area (Å²) >= 11 is 5.81. The Bertz CT molecular complexity index is 493. The highest BCUT2D eigenvalue weighted by Crippen LogP contribution is 2.24. The molecule has 1 fully saturated rings. The Kier molecular flexibility index (Phi) is 3.86. The first-order chi connectivity index (χ1) is 8.52. The molecule has 18 heavy (non-hydrogen) atoms. The highest BCUT2D eigenvalue weighted by atomic mass is 35.5. The van der Waals surface area contributed by atoms with E-state index in [4.69, 9.17) is 27.2 Å². The van der Waals surface area contributed by atoms with Crippen LogP contribution < -0.4 is 11.4 Å². The van der Waals surface area contributed by atoms with E-state index in [9.17, 15) is 9.90 Å². The second-order valence-corrected chi connectivity index (χ2v) is 4.58. The van der Waals surface area contributed by atoms with Crippen LogP contribution in [0.4, 0.5) is 5.82 Å². The van der Waals surface area contributed by atoms with Crippen LogP contribution in [0.15, 0.2) is 11.0 Å². The van der Waals surface area contributed by atoms with Crippen LogP contribution in [0.5, 0.6) is 0 Å². The zero-order chi connectivity index (χ0) is 13.3. The molecular weight excluding hydrogens is 262 g/mol. The number of hydrogen-bond donors (Lipinski definition) is 3. The molecule has 1 aliphatic heterocycles. The lowest BCUT2D eigenvalue weighted by atomic mass is 10.0. The van der Waals surface area contributed by atoms with Gasteiger partial charge in [0.05, 0.1) is 30.4 Å². The SMILES string of the molecule is Nc1nc(=O)n(C2COC(CO)C(O)C2)cc1Cl. The third kappa shape index (κ3) is 2.49. The van der Waals surface area contributed by atoms with E-state index in [0.29, 0.717) is 0 Å². The number of hydrogen-bond acceptors (Lipinski definition) is 6. The van der Waals surface area contributed by atoms with Gasteiger partial charge >= 0.3 is 5.69 Å². The van der Waals surface area contributed by atoms with Gasteiger partial charge in [-0.05, 0) is 6.42 Å².